The molecule has 0 aliphatic carbocycles. The van der Waals surface area contributed by atoms with Gasteiger partial charge in [0.05, 0.1) is 0 Å². The molecule has 1 aliphatic heterocycles. The molecule has 20 heavy (non-hydrogen) atoms. The van der Waals surface area contributed by atoms with Crippen LogP contribution in [-0.2, 0) is 11.3 Å². The number of ether oxygens (including phenoxy) is 1. The summed E-state index contributed by atoms with van der Waals surface area (Å²) in [5, 5.41) is 3.40. The second kappa shape index (κ2) is 7.26. The number of likely N-dealkylation sites (tertiary alicyclic amines) is 1. The molecule has 110 valence electrons. The van der Waals surface area contributed by atoms with Crippen molar-refractivity contribution in [2.24, 2.45) is 11.7 Å². The highest BCUT2D eigenvalue weighted by molar-refractivity contribution is 5.68. The smallest absolute Gasteiger partial charge is 0.410 e. The molecule has 1 saturated heterocycles. The summed E-state index contributed by atoms with van der Waals surface area (Å²) >= 11 is 0. The fraction of sp³-hybridized carbons (Fsp3) is 0.533. The summed E-state index contributed by atoms with van der Waals surface area (Å²) in [5.74, 6) is 0.467. The number of rotatable bonds is 6. The Hall–Kier alpha value is -1.59. The number of amides is 1. The third-order valence-electron chi connectivity index (χ3n) is 3.50. The molecule has 5 nitrogen and oxygen atoms in total. The van der Waals surface area contributed by atoms with Crippen molar-refractivity contribution in [2.45, 2.75) is 19.6 Å². The molecule has 0 bridgehead atoms. The molecule has 1 fully saturated rings. The molecule has 5 heteroatoms. The van der Waals surface area contributed by atoms with E-state index in [9.17, 15) is 4.79 Å². The predicted molar refractivity (Wildman–Crippen MR) is 78.2 cm³/mol. The van der Waals surface area contributed by atoms with Crippen LogP contribution >= 0.6 is 0 Å². The standard InChI is InChI=1S/C15H23N3O2/c1-12(7-16)8-17-14-9-18(10-14)15(19)20-11-13-5-3-2-4-6-13/h2-6,12,14,17H,7-11,16H2,1H3. The summed E-state index contributed by atoms with van der Waals surface area (Å²) in [6, 6.07) is 10.1. The second-order valence-corrected chi connectivity index (χ2v) is 5.39. The van der Waals surface area contributed by atoms with Crippen molar-refractivity contribution < 1.29 is 9.53 Å². The first-order valence-corrected chi connectivity index (χ1v) is 7.08. The molecule has 1 atom stereocenters. The monoisotopic (exact) mass is 277 g/mol. The van der Waals surface area contributed by atoms with Crippen molar-refractivity contribution in [3.8, 4) is 0 Å². The molecule has 3 N–H and O–H groups in total. The highest BCUT2D eigenvalue weighted by Crippen LogP contribution is 2.11. The average molecular weight is 277 g/mol. The molecule has 0 aromatic heterocycles. The summed E-state index contributed by atoms with van der Waals surface area (Å²) in [6.45, 7) is 5.45. The van der Waals surface area contributed by atoms with Gasteiger partial charge in [-0.05, 0) is 24.6 Å². The van der Waals surface area contributed by atoms with Gasteiger partial charge in [-0.3, -0.25) is 0 Å². The molecule has 0 spiro atoms. The van der Waals surface area contributed by atoms with Crippen molar-refractivity contribution in [2.75, 3.05) is 26.2 Å². The number of nitrogens with two attached hydrogens (primary N) is 1. The zero-order valence-electron chi connectivity index (χ0n) is 11.9. The normalized spacial score (nSPS) is 16.6. The maximum Gasteiger partial charge on any atom is 0.410 e. The number of benzene rings is 1. The Morgan fingerprint density at radius 3 is 2.80 bits per heavy atom. The van der Waals surface area contributed by atoms with Gasteiger partial charge in [0.2, 0.25) is 0 Å². The van der Waals surface area contributed by atoms with Crippen LogP contribution in [0.25, 0.3) is 0 Å². The lowest BCUT2D eigenvalue weighted by Crippen LogP contribution is -2.60. The Morgan fingerprint density at radius 1 is 1.45 bits per heavy atom. The summed E-state index contributed by atoms with van der Waals surface area (Å²) < 4.78 is 5.27. The van der Waals surface area contributed by atoms with Crippen molar-refractivity contribution in [3.63, 3.8) is 0 Å². The van der Waals surface area contributed by atoms with E-state index in [0.717, 1.165) is 12.1 Å². The minimum atomic E-state index is -0.237. The van der Waals surface area contributed by atoms with E-state index in [1.165, 1.54) is 0 Å². The number of carbonyl (C=O) groups is 1. The summed E-state index contributed by atoms with van der Waals surface area (Å²) in [4.78, 5) is 13.5. The van der Waals surface area contributed by atoms with E-state index in [-0.39, 0.29) is 6.09 Å². The van der Waals surface area contributed by atoms with Crippen LogP contribution in [0.2, 0.25) is 0 Å². The van der Waals surface area contributed by atoms with Crippen LogP contribution < -0.4 is 11.1 Å². The van der Waals surface area contributed by atoms with Crippen LogP contribution in [0, 0.1) is 5.92 Å². The van der Waals surface area contributed by atoms with E-state index >= 15 is 0 Å². The highest BCUT2D eigenvalue weighted by atomic mass is 16.6. The molecule has 1 heterocycles. The Balaban J connectivity index is 1.62. The minimum Gasteiger partial charge on any atom is -0.445 e. The van der Waals surface area contributed by atoms with Crippen LogP contribution in [0.5, 0.6) is 0 Å². The van der Waals surface area contributed by atoms with E-state index in [4.69, 9.17) is 10.5 Å². The fourth-order valence-electron chi connectivity index (χ4n) is 2.02. The Bertz CT molecular complexity index is 418. The zero-order chi connectivity index (χ0) is 14.4. The van der Waals surface area contributed by atoms with Gasteiger partial charge in [0.25, 0.3) is 0 Å². The summed E-state index contributed by atoms with van der Waals surface area (Å²) in [7, 11) is 0. The van der Waals surface area contributed by atoms with E-state index in [1.54, 1.807) is 4.90 Å². The maximum absolute atomic E-state index is 11.8. The zero-order valence-corrected chi connectivity index (χ0v) is 11.9. The lowest BCUT2D eigenvalue weighted by Gasteiger charge is -2.39. The van der Waals surface area contributed by atoms with Crippen molar-refractivity contribution in [1.82, 2.24) is 10.2 Å². The second-order valence-electron chi connectivity index (χ2n) is 5.39. The van der Waals surface area contributed by atoms with Gasteiger partial charge < -0.3 is 20.7 Å². The highest BCUT2D eigenvalue weighted by Gasteiger charge is 2.31. The van der Waals surface area contributed by atoms with E-state index < -0.39 is 0 Å². The molecule has 1 amide bonds. The fourth-order valence-corrected chi connectivity index (χ4v) is 2.02. The minimum absolute atomic E-state index is 0.237. The molecule has 1 aromatic carbocycles. The first-order valence-electron chi connectivity index (χ1n) is 7.08. The average Bonchev–Trinajstić information content (AvgIpc) is 2.44. The lowest BCUT2D eigenvalue weighted by atomic mass is 10.1. The molecule has 2 rings (SSSR count). The molecular formula is C15H23N3O2. The number of hydrogen-bond acceptors (Lipinski definition) is 4. The van der Waals surface area contributed by atoms with E-state index in [2.05, 4.69) is 12.2 Å². The number of hydrogen-bond donors (Lipinski definition) is 2. The molecule has 1 unspecified atom stereocenters. The molecular weight excluding hydrogens is 254 g/mol. The third-order valence-corrected chi connectivity index (χ3v) is 3.50. The van der Waals surface area contributed by atoms with E-state index in [1.807, 2.05) is 30.3 Å². The SMILES string of the molecule is CC(CN)CNC1CN(C(=O)OCc2ccccc2)C1. The van der Waals surface area contributed by atoms with Crippen molar-refractivity contribution in [3.05, 3.63) is 35.9 Å². The predicted octanol–water partition coefficient (Wildman–Crippen LogP) is 1.19. The van der Waals surface area contributed by atoms with Gasteiger partial charge in [-0.2, -0.15) is 0 Å². The molecule has 0 radical (unpaired) electrons. The first-order chi connectivity index (χ1) is 9.69. The van der Waals surface area contributed by atoms with Crippen LogP contribution in [0.4, 0.5) is 4.79 Å². The van der Waals surface area contributed by atoms with Gasteiger partial charge in [0.15, 0.2) is 0 Å². The topological polar surface area (TPSA) is 67.6 Å². The van der Waals surface area contributed by atoms with Gasteiger partial charge >= 0.3 is 6.09 Å². The summed E-state index contributed by atoms with van der Waals surface area (Å²) in [5.41, 5.74) is 6.57. The Labute approximate surface area is 120 Å². The number of nitrogens with one attached hydrogen (secondary N) is 1. The molecule has 1 aliphatic rings. The van der Waals surface area contributed by atoms with Crippen molar-refractivity contribution in [1.29, 1.82) is 0 Å². The van der Waals surface area contributed by atoms with Gasteiger partial charge in [-0.15, -0.1) is 0 Å². The maximum atomic E-state index is 11.8. The van der Waals surface area contributed by atoms with Crippen LogP contribution in [-0.4, -0.2) is 43.2 Å². The van der Waals surface area contributed by atoms with E-state index in [0.29, 0.717) is 38.2 Å². The van der Waals surface area contributed by atoms with Gasteiger partial charge in [-0.1, -0.05) is 37.3 Å². The number of carbonyl (C=O) groups excluding carboxylic acids is 1. The van der Waals surface area contributed by atoms with Crippen LogP contribution in [0.3, 0.4) is 0 Å². The first kappa shape index (κ1) is 14.8. The lowest BCUT2D eigenvalue weighted by molar-refractivity contribution is 0.0597. The Kier molecular flexibility index (Phi) is 5.38. The van der Waals surface area contributed by atoms with Gasteiger partial charge in [-0.25, -0.2) is 4.79 Å². The summed E-state index contributed by atoms with van der Waals surface area (Å²) in [6.07, 6.45) is -0.237. The quantitative estimate of drug-likeness (QED) is 0.819. The third kappa shape index (κ3) is 4.21. The molecule has 0 saturated carbocycles. The Morgan fingerprint density at radius 2 is 2.15 bits per heavy atom. The van der Waals surface area contributed by atoms with Gasteiger partial charge in [0.1, 0.15) is 6.61 Å². The van der Waals surface area contributed by atoms with Crippen LogP contribution in [0.1, 0.15) is 12.5 Å². The number of nitrogens with zero attached hydrogens (tertiary/aromatic N) is 1. The largest absolute Gasteiger partial charge is 0.445 e. The van der Waals surface area contributed by atoms with Gasteiger partial charge in [0, 0.05) is 19.1 Å². The van der Waals surface area contributed by atoms with Crippen molar-refractivity contribution >= 4 is 6.09 Å². The molecule has 1 aromatic rings. The van der Waals surface area contributed by atoms with Crippen LogP contribution in [0.15, 0.2) is 30.3 Å².